The summed E-state index contributed by atoms with van der Waals surface area (Å²) >= 11 is 3.07. The largest absolute Gasteiger partial charge is 0.383 e. The van der Waals surface area contributed by atoms with Crippen molar-refractivity contribution in [1.82, 2.24) is 9.78 Å². The summed E-state index contributed by atoms with van der Waals surface area (Å²) in [6.07, 6.45) is 3.35. The van der Waals surface area contributed by atoms with Gasteiger partial charge in [0.2, 0.25) is 0 Å². The number of aromatic nitrogens is 2. The third-order valence-corrected chi connectivity index (χ3v) is 3.41. The molecule has 0 radical (unpaired) electrons. The summed E-state index contributed by atoms with van der Waals surface area (Å²) in [6.45, 7) is 1.18. The molecule has 1 heterocycles. The molecule has 1 aromatic carbocycles. The van der Waals surface area contributed by atoms with E-state index in [0.717, 1.165) is 0 Å². The molecule has 1 N–H and O–H groups in total. The van der Waals surface area contributed by atoms with E-state index in [1.54, 1.807) is 30.3 Å². The minimum absolute atomic E-state index is 0.150. The smallest absolute Gasteiger partial charge is 0.162 e. The summed E-state index contributed by atoms with van der Waals surface area (Å²) in [6, 6.07) is 4.97. The van der Waals surface area contributed by atoms with Gasteiger partial charge in [0.05, 0.1) is 40.8 Å². The lowest BCUT2D eigenvalue weighted by Gasteiger charge is -2.07. The molecule has 0 atom stereocenters. The van der Waals surface area contributed by atoms with Crippen molar-refractivity contribution in [3.8, 4) is 6.07 Å². The topological polar surface area (TPSA) is 62.9 Å². The number of hydrogen-bond donors (Lipinski definition) is 1. The molecule has 2 aromatic rings. The van der Waals surface area contributed by atoms with Crippen LogP contribution in [0.5, 0.6) is 0 Å². The van der Waals surface area contributed by atoms with Gasteiger partial charge in [-0.3, -0.25) is 4.68 Å². The number of anilines is 2. The predicted molar refractivity (Wildman–Crippen MR) is 76.2 cm³/mol. The zero-order chi connectivity index (χ0) is 14.5. The molecule has 104 valence electrons. The van der Waals surface area contributed by atoms with Crippen LogP contribution in [0.15, 0.2) is 29.0 Å². The molecular weight excluding hydrogens is 327 g/mol. The summed E-state index contributed by atoms with van der Waals surface area (Å²) in [7, 11) is 1.62. The Hall–Kier alpha value is -1.91. The lowest BCUT2D eigenvalue weighted by molar-refractivity contribution is 0.183. The van der Waals surface area contributed by atoms with Gasteiger partial charge in [-0.25, -0.2) is 4.39 Å². The van der Waals surface area contributed by atoms with E-state index < -0.39 is 5.82 Å². The molecule has 0 bridgehead atoms. The maximum absolute atomic E-state index is 14.0. The highest BCUT2D eigenvalue weighted by Gasteiger charge is 2.11. The zero-order valence-corrected chi connectivity index (χ0v) is 12.3. The number of benzene rings is 1. The number of rotatable bonds is 5. The van der Waals surface area contributed by atoms with E-state index in [4.69, 9.17) is 10.00 Å². The average Bonchev–Trinajstić information content (AvgIpc) is 2.89. The summed E-state index contributed by atoms with van der Waals surface area (Å²) in [5.41, 5.74) is 1.20. The normalized spacial score (nSPS) is 10.3. The molecule has 7 heteroatoms. The quantitative estimate of drug-likeness (QED) is 0.910. The minimum atomic E-state index is -0.506. The average molecular weight is 339 g/mol. The first-order chi connectivity index (χ1) is 9.65. The van der Waals surface area contributed by atoms with E-state index in [1.165, 1.54) is 6.07 Å². The van der Waals surface area contributed by atoms with Crippen LogP contribution in [0.2, 0.25) is 0 Å². The van der Waals surface area contributed by atoms with Crippen molar-refractivity contribution in [2.24, 2.45) is 0 Å². The standard InChI is InChI=1S/C13H12BrFN4O/c1-20-5-4-19-8-10(7-17-19)18-11-3-2-9(6-16)12(14)13(11)15/h2-3,7-8,18H,4-5H2,1H3. The molecule has 20 heavy (non-hydrogen) atoms. The van der Waals surface area contributed by atoms with Gasteiger partial charge in [-0.15, -0.1) is 0 Å². The SMILES string of the molecule is COCCn1cc(Nc2ccc(C#N)c(Br)c2F)cn1. The zero-order valence-electron chi connectivity index (χ0n) is 10.7. The van der Waals surface area contributed by atoms with Crippen LogP contribution in [0, 0.1) is 17.1 Å². The Morgan fingerprint density at radius 3 is 3.05 bits per heavy atom. The number of halogens is 2. The van der Waals surface area contributed by atoms with E-state index in [2.05, 4.69) is 26.3 Å². The van der Waals surface area contributed by atoms with Crippen molar-refractivity contribution in [3.63, 3.8) is 0 Å². The van der Waals surface area contributed by atoms with Crippen molar-refractivity contribution >= 4 is 27.3 Å². The van der Waals surface area contributed by atoms with Crippen LogP contribution in [0.3, 0.4) is 0 Å². The van der Waals surface area contributed by atoms with Crippen LogP contribution in [0.4, 0.5) is 15.8 Å². The minimum Gasteiger partial charge on any atom is -0.383 e. The first kappa shape index (κ1) is 14.5. The molecule has 0 aliphatic heterocycles. The summed E-state index contributed by atoms with van der Waals surface area (Å²) in [5, 5.41) is 15.9. The second kappa shape index (κ2) is 6.50. The highest BCUT2D eigenvalue weighted by molar-refractivity contribution is 9.10. The van der Waals surface area contributed by atoms with Crippen LogP contribution in [0.1, 0.15) is 5.56 Å². The molecule has 2 rings (SSSR count). The Kier molecular flexibility index (Phi) is 4.71. The van der Waals surface area contributed by atoms with Gasteiger partial charge in [0.1, 0.15) is 6.07 Å². The van der Waals surface area contributed by atoms with E-state index in [0.29, 0.717) is 18.8 Å². The molecule has 5 nitrogen and oxygen atoms in total. The molecule has 0 aliphatic carbocycles. The van der Waals surface area contributed by atoms with Gasteiger partial charge in [-0.1, -0.05) is 0 Å². The van der Waals surface area contributed by atoms with Crippen LogP contribution in [-0.2, 0) is 11.3 Å². The van der Waals surface area contributed by atoms with Crippen molar-refractivity contribution < 1.29 is 9.13 Å². The molecular formula is C13H12BrFN4O. The van der Waals surface area contributed by atoms with Crippen molar-refractivity contribution in [2.75, 3.05) is 19.0 Å². The van der Waals surface area contributed by atoms with Gasteiger partial charge in [-0.05, 0) is 28.1 Å². The van der Waals surface area contributed by atoms with E-state index in [9.17, 15) is 4.39 Å². The molecule has 0 saturated carbocycles. The van der Waals surface area contributed by atoms with Crippen LogP contribution < -0.4 is 5.32 Å². The summed E-state index contributed by atoms with van der Waals surface area (Å²) in [5.74, 6) is -0.506. The van der Waals surface area contributed by atoms with Gasteiger partial charge >= 0.3 is 0 Å². The molecule has 0 aliphatic rings. The number of hydrogen-bond acceptors (Lipinski definition) is 4. The highest BCUT2D eigenvalue weighted by atomic mass is 79.9. The summed E-state index contributed by atoms with van der Waals surface area (Å²) in [4.78, 5) is 0. The fourth-order valence-corrected chi connectivity index (χ4v) is 2.06. The van der Waals surface area contributed by atoms with Crippen LogP contribution >= 0.6 is 15.9 Å². The first-order valence-corrected chi connectivity index (χ1v) is 6.61. The molecule has 0 fully saturated rings. The Morgan fingerprint density at radius 2 is 2.35 bits per heavy atom. The maximum atomic E-state index is 14.0. The fourth-order valence-electron chi connectivity index (χ4n) is 1.62. The summed E-state index contributed by atoms with van der Waals surface area (Å²) < 4.78 is 20.8. The third-order valence-electron chi connectivity index (χ3n) is 2.64. The van der Waals surface area contributed by atoms with Crippen molar-refractivity contribution in [3.05, 3.63) is 40.4 Å². The van der Waals surface area contributed by atoms with E-state index in [-0.39, 0.29) is 15.7 Å². The second-order valence-corrected chi connectivity index (χ2v) is 4.80. The molecule has 0 amide bonds. The predicted octanol–water partition coefficient (Wildman–Crippen LogP) is 3.05. The van der Waals surface area contributed by atoms with Gasteiger partial charge in [0.25, 0.3) is 0 Å². The number of nitriles is 1. The Balaban J connectivity index is 2.16. The van der Waals surface area contributed by atoms with Crippen LogP contribution in [-0.4, -0.2) is 23.5 Å². The Morgan fingerprint density at radius 1 is 1.55 bits per heavy atom. The van der Waals surface area contributed by atoms with Crippen molar-refractivity contribution in [2.45, 2.75) is 6.54 Å². The Bertz CT molecular complexity index is 650. The number of methoxy groups -OCH3 is 1. The van der Waals surface area contributed by atoms with Gasteiger partial charge in [0.15, 0.2) is 5.82 Å². The van der Waals surface area contributed by atoms with Crippen molar-refractivity contribution in [1.29, 1.82) is 5.26 Å². The number of nitrogens with zero attached hydrogens (tertiary/aromatic N) is 3. The number of nitrogens with one attached hydrogen (secondary N) is 1. The third kappa shape index (κ3) is 3.15. The van der Waals surface area contributed by atoms with Gasteiger partial charge in [0, 0.05) is 13.3 Å². The Labute approximate surface area is 124 Å². The molecule has 0 unspecified atom stereocenters. The second-order valence-electron chi connectivity index (χ2n) is 4.01. The van der Waals surface area contributed by atoms with Gasteiger partial charge < -0.3 is 10.1 Å². The van der Waals surface area contributed by atoms with E-state index in [1.807, 2.05) is 6.07 Å². The lowest BCUT2D eigenvalue weighted by Crippen LogP contribution is -2.04. The fraction of sp³-hybridized carbons (Fsp3) is 0.231. The first-order valence-electron chi connectivity index (χ1n) is 5.82. The molecule has 0 saturated heterocycles. The molecule has 0 spiro atoms. The maximum Gasteiger partial charge on any atom is 0.162 e. The monoisotopic (exact) mass is 338 g/mol. The van der Waals surface area contributed by atoms with Crippen LogP contribution in [0.25, 0.3) is 0 Å². The highest BCUT2D eigenvalue weighted by Crippen LogP contribution is 2.28. The number of ether oxygens (including phenoxy) is 1. The lowest BCUT2D eigenvalue weighted by atomic mass is 10.2. The van der Waals surface area contributed by atoms with E-state index >= 15 is 0 Å². The molecule has 1 aromatic heterocycles. The van der Waals surface area contributed by atoms with Gasteiger partial charge in [-0.2, -0.15) is 10.4 Å².